The van der Waals surface area contributed by atoms with Crippen molar-refractivity contribution >= 4 is 16.7 Å². The fraction of sp³-hybridized carbons (Fsp3) is 0.375. The number of pyridine rings is 1. The summed E-state index contributed by atoms with van der Waals surface area (Å²) < 4.78 is 0. The fourth-order valence-electron chi connectivity index (χ4n) is 3.63. The van der Waals surface area contributed by atoms with Gasteiger partial charge in [-0.25, -0.2) is 0 Å². The minimum absolute atomic E-state index is 0.157. The number of benzene rings is 1. The van der Waals surface area contributed by atoms with Crippen LogP contribution in [0.15, 0.2) is 36.5 Å². The Bertz CT molecular complexity index is 647. The SMILES string of the molecule is O=C(c1cccc2ncccc12)C1CC2CCC1N2. The van der Waals surface area contributed by atoms with Crippen LogP contribution >= 0.6 is 0 Å². The zero-order valence-corrected chi connectivity index (χ0v) is 10.7. The Morgan fingerprint density at radius 2 is 2.16 bits per heavy atom. The van der Waals surface area contributed by atoms with Crippen LogP contribution in [0.3, 0.4) is 0 Å². The first-order chi connectivity index (χ1) is 9.33. The molecule has 3 heterocycles. The van der Waals surface area contributed by atoms with Gasteiger partial charge in [0.2, 0.25) is 0 Å². The molecule has 1 N–H and O–H groups in total. The number of fused-ring (bicyclic) bond motifs is 3. The Hall–Kier alpha value is -1.74. The van der Waals surface area contributed by atoms with Crippen LogP contribution in [0.25, 0.3) is 10.9 Å². The number of carbonyl (C=O) groups excluding carboxylic acids is 1. The molecule has 0 aliphatic carbocycles. The van der Waals surface area contributed by atoms with Gasteiger partial charge in [-0.2, -0.15) is 0 Å². The Kier molecular flexibility index (Phi) is 2.42. The van der Waals surface area contributed by atoms with E-state index in [4.69, 9.17) is 0 Å². The molecule has 0 spiro atoms. The third-order valence-electron chi connectivity index (χ3n) is 4.55. The molecule has 0 saturated carbocycles. The van der Waals surface area contributed by atoms with Crippen molar-refractivity contribution in [2.45, 2.75) is 31.3 Å². The van der Waals surface area contributed by atoms with Gasteiger partial charge >= 0.3 is 0 Å². The lowest BCUT2D eigenvalue weighted by atomic mass is 9.83. The van der Waals surface area contributed by atoms with Crippen LogP contribution in [0.5, 0.6) is 0 Å². The molecule has 2 aliphatic rings. The number of carbonyl (C=O) groups is 1. The number of ketones is 1. The van der Waals surface area contributed by atoms with Gasteiger partial charge in [0, 0.05) is 35.1 Å². The minimum atomic E-state index is 0.157. The number of nitrogens with one attached hydrogen (secondary N) is 1. The number of hydrogen-bond acceptors (Lipinski definition) is 3. The first-order valence-electron chi connectivity index (χ1n) is 6.97. The summed E-state index contributed by atoms with van der Waals surface area (Å²) in [5, 5.41) is 4.52. The zero-order chi connectivity index (χ0) is 12.8. The largest absolute Gasteiger partial charge is 0.310 e. The summed E-state index contributed by atoms with van der Waals surface area (Å²) >= 11 is 0. The van der Waals surface area contributed by atoms with Crippen LogP contribution < -0.4 is 5.32 Å². The number of nitrogens with zero attached hydrogens (tertiary/aromatic N) is 1. The van der Waals surface area contributed by atoms with E-state index < -0.39 is 0 Å². The highest BCUT2D eigenvalue weighted by molar-refractivity contribution is 6.08. The standard InChI is InChI=1S/C16H16N2O/c19-16(13-9-10-6-7-15(13)18-10)12-3-1-5-14-11(12)4-2-8-17-14/h1-5,8,10,13,15,18H,6-7,9H2. The van der Waals surface area contributed by atoms with Gasteiger partial charge in [0.05, 0.1) is 5.52 Å². The average molecular weight is 252 g/mol. The van der Waals surface area contributed by atoms with Gasteiger partial charge in [-0.3, -0.25) is 9.78 Å². The van der Waals surface area contributed by atoms with E-state index in [1.807, 2.05) is 30.3 Å². The molecule has 2 aromatic rings. The number of hydrogen-bond donors (Lipinski definition) is 1. The maximum Gasteiger partial charge on any atom is 0.168 e. The maximum absolute atomic E-state index is 12.8. The molecule has 2 saturated heterocycles. The predicted octanol–water partition coefficient (Wildman–Crippen LogP) is 2.56. The Morgan fingerprint density at radius 3 is 2.95 bits per heavy atom. The summed E-state index contributed by atoms with van der Waals surface area (Å²) in [6.45, 7) is 0. The van der Waals surface area contributed by atoms with Crippen LogP contribution in [0.4, 0.5) is 0 Å². The highest BCUT2D eigenvalue weighted by atomic mass is 16.1. The molecule has 1 aromatic carbocycles. The van der Waals surface area contributed by atoms with E-state index in [1.54, 1.807) is 6.20 Å². The van der Waals surface area contributed by atoms with Crippen LogP contribution in [-0.4, -0.2) is 22.9 Å². The molecule has 0 radical (unpaired) electrons. The number of aromatic nitrogens is 1. The summed E-state index contributed by atoms with van der Waals surface area (Å²) in [7, 11) is 0. The first-order valence-corrected chi connectivity index (χ1v) is 6.97. The molecule has 3 unspecified atom stereocenters. The fourth-order valence-corrected chi connectivity index (χ4v) is 3.63. The zero-order valence-electron chi connectivity index (χ0n) is 10.7. The predicted molar refractivity (Wildman–Crippen MR) is 74.1 cm³/mol. The van der Waals surface area contributed by atoms with Crippen molar-refractivity contribution in [2.24, 2.45) is 5.92 Å². The van der Waals surface area contributed by atoms with Gasteiger partial charge in [0.1, 0.15) is 0 Å². The molecule has 19 heavy (non-hydrogen) atoms. The lowest BCUT2D eigenvalue weighted by Gasteiger charge is -2.19. The first kappa shape index (κ1) is 11.1. The number of rotatable bonds is 2. The summed E-state index contributed by atoms with van der Waals surface area (Å²) in [5.74, 6) is 0.447. The Morgan fingerprint density at radius 1 is 1.21 bits per heavy atom. The quantitative estimate of drug-likeness (QED) is 0.835. The Labute approximate surface area is 112 Å². The molecule has 3 heteroatoms. The average Bonchev–Trinajstić information content (AvgIpc) is 3.08. The van der Waals surface area contributed by atoms with Gasteiger partial charge in [0.25, 0.3) is 0 Å². The molecule has 3 nitrogen and oxygen atoms in total. The van der Waals surface area contributed by atoms with Gasteiger partial charge in [-0.15, -0.1) is 0 Å². The highest BCUT2D eigenvalue weighted by Crippen LogP contribution is 2.36. The second-order valence-corrected chi connectivity index (χ2v) is 5.63. The van der Waals surface area contributed by atoms with Gasteiger partial charge in [-0.1, -0.05) is 18.2 Å². The van der Waals surface area contributed by atoms with E-state index in [1.165, 1.54) is 6.42 Å². The third-order valence-corrected chi connectivity index (χ3v) is 4.55. The van der Waals surface area contributed by atoms with E-state index in [0.717, 1.165) is 29.3 Å². The van der Waals surface area contributed by atoms with E-state index in [2.05, 4.69) is 10.3 Å². The smallest absolute Gasteiger partial charge is 0.168 e. The minimum Gasteiger partial charge on any atom is -0.310 e. The summed E-state index contributed by atoms with van der Waals surface area (Å²) in [6.07, 6.45) is 5.14. The van der Waals surface area contributed by atoms with Crippen LogP contribution in [0.1, 0.15) is 29.6 Å². The topological polar surface area (TPSA) is 42.0 Å². The van der Waals surface area contributed by atoms with Crippen molar-refractivity contribution in [3.63, 3.8) is 0 Å². The summed E-state index contributed by atoms with van der Waals surface area (Å²) in [5.41, 5.74) is 1.74. The third kappa shape index (κ3) is 1.69. The summed E-state index contributed by atoms with van der Waals surface area (Å²) in [4.78, 5) is 17.1. The van der Waals surface area contributed by atoms with Crippen molar-refractivity contribution in [2.75, 3.05) is 0 Å². The molecule has 4 rings (SSSR count). The molecule has 0 amide bonds. The molecular formula is C16H16N2O. The van der Waals surface area contributed by atoms with Gasteiger partial charge in [0.15, 0.2) is 5.78 Å². The normalized spacial score (nSPS) is 28.9. The summed E-state index contributed by atoms with van der Waals surface area (Å²) in [6, 6.07) is 10.7. The molecule has 2 bridgehead atoms. The van der Waals surface area contributed by atoms with Crippen molar-refractivity contribution in [1.29, 1.82) is 0 Å². The van der Waals surface area contributed by atoms with Gasteiger partial charge < -0.3 is 5.32 Å². The lowest BCUT2D eigenvalue weighted by Crippen LogP contribution is -2.28. The lowest BCUT2D eigenvalue weighted by molar-refractivity contribution is 0.0902. The van der Waals surface area contributed by atoms with E-state index in [9.17, 15) is 4.79 Å². The van der Waals surface area contributed by atoms with Crippen molar-refractivity contribution in [1.82, 2.24) is 10.3 Å². The van der Waals surface area contributed by atoms with Crippen LogP contribution in [0.2, 0.25) is 0 Å². The van der Waals surface area contributed by atoms with E-state index in [-0.39, 0.29) is 5.92 Å². The van der Waals surface area contributed by atoms with Crippen LogP contribution in [-0.2, 0) is 0 Å². The van der Waals surface area contributed by atoms with E-state index in [0.29, 0.717) is 17.9 Å². The highest BCUT2D eigenvalue weighted by Gasteiger charge is 2.43. The van der Waals surface area contributed by atoms with E-state index >= 15 is 0 Å². The molecule has 2 fully saturated rings. The second kappa shape index (κ2) is 4.14. The molecule has 96 valence electrons. The molecular weight excluding hydrogens is 236 g/mol. The second-order valence-electron chi connectivity index (χ2n) is 5.63. The molecule has 1 aromatic heterocycles. The van der Waals surface area contributed by atoms with Crippen molar-refractivity contribution < 1.29 is 4.79 Å². The van der Waals surface area contributed by atoms with Crippen LogP contribution in [0, 0.1) is 5.92 Å². The van der Waals surface area contributed by atoms with Gasteiger partial charge in [-0.05, 0) is 31.4 Å². The molecule has 3 atom stereocenters. The van der Waals surface area contributed by atoms with Crippen molar-refractivity contribution in [3.05, 3.63) is 42.1 Å². The number of Topliss-reactive ketones (excluding diaryl/α,β-unsaturated/α-hetero) is 1. The van der Waals surface area contributed by atoms with Crippen molar-refractivity contribution in [3.8, 4) is 0 Å². The maximum atomic E-state index is 12.8. The molecule has 2 aliphatic heterocycles. The Balaban J connectivity index is 1.76. The monoisotopic (exact) mass is 252 g/mol.